The second-order valence-corrected chi connectivity index (χ2v) is 7.12. The van der Waals surface area contributed by atoms with E-state index in [9.17, 15) is 0 Å². The van der Waals surface area contributed by atoms with Gasteiger partial charge in [0.15, 0.2) is 0 Å². The molecule has 142 valence electrons. The fourth-order valence-corrected chi connectivity index (χ4v) is 4.17. The van der Waals surface area contributed by atoms with Crippen molar-refractivity contribution in [3.63, 3.8) is 0 Å². The number of ether oxygens (including phenoxy) is 1. The highest BCUT2D eigenvalue weighted by atomic mass is 35.5. The molecule has 1 spiro atoms. The van der Waals surface area contributed by atoms with E-state index in [4.69, 9.17) is 9.26 Å². The lowest BCUT2D eigenvalue weighted by molar-refractivity contribution is 0.0135. The Bertz CT molecular complexity index is 690. The highest BCUT2D eigenvalue weighted by Crippen LogP contribution is 2.35. The Morgan fingerprint density at radius 2 is 1.96 bits per heavy atom. The molecule has 6 nitrogen and oxygen atoms in total. The summed E-state index contributed by atoms with van der Waals surface area (Å²) in [7, 11) is 1.66. The van der Waals surface area contributed by atoms with Gasteiger partial charge in [-0.25, -0.2) is 0 Å². The molecule has 26 heavy (non-hydrogen) atoms. The maximum atomic E-state index is 5.56. The third-order valence-corrected chi connectivity index (χ3v) is 5.61. The summed E-state index contributed by atoms with van der Waals surface area (Å²) in [6.45, 7) is 3.89. The van der Waals surface area contributed by atoms with Crippen molar-refractivity contribution in [2.75, 3.05) is 26.7 Å². The number of piperazine rings is 1. The van der Waals surface area contributed by atoms with Gasteiger partial charge in [0.05, 0.1) is 13.7 Å². The van der Waals surface area contributed by atoms with Crippen molar-refractivity contribution < 1.29 is 9.26 Å². The number of hydrogen-bond acceptors (Lipinski definition) is 6. The smallest absolute Gasteiger partial charge is 0.241 e. The Morgan fingerprint density at radius 1 is 1.19 bits per heavy atom. The van der Waals surface area contributed by atoms with Crippen LogP contribution >= 0.6 is 12.4 Å². The third kappa shape index (κ3) is 3.87. The molecule has 0 unspecified atom stereocenters. The minimum absolute atomic E-state index is 0. The minimum Gasteiger partial charge on any atom is -0.497 e. The summed E-state index contributed by atoms with van der Waals surface area (Å²) in [5, 5.41) is 7.75. The molecule has 1 aliphatic heterocycles. The lowest BCUT2D eigenvalue weighted by atomic mass is 9.79. The van der Waals surface area contributed by atoms with Crippen LogP contribution in [0.25, 0.3) is 11.4 Å². The van der Waals surface area contributed by atoms with E-state index in [1.54, 1.807) is 7.11 Å². The monoisotopic (exact) mass is 378 g/mol. The molecule has 0 atom stereocenters. The van der Waals surface area contributed by atoms with Crippen molar-refractivity contribution in [3.8, 4) is 17.1 Å². The van der Waals surface area contributed by atoms with Crippen LogP contribution in [0.1, 0.15) is 38.0 Å². The average Bonchev–Trinajstić information content (AvgIpc) is 3.13. The van der Waals surface area contributed by atoms with Gasteiger partial charge in [-0.15, -0.1) is 12.4 Å². The molecule has 0 amide bonds. The van der Waals surface area contributed by atoms with E-state index in [0.29, 0.717) is 11.7 Å². The maximum absolute atomic E-state index is 5.56. The first-order valence-corrected chi connectivity index (χ1v) is 9.22. The van der Waals surface area contributed by atoms with Gasteiger partial charge >= 0.3 is 0 Å². The number of hydrogen-bond donors (Lipinski definition) is 1. The number of benzene rings is 1. The second-order valence-electron chi connectivity index (χ2n) is 7.12. The van der Waals surface area contributed by atoms with Crippen LogP contribution in [0.3, 0.4) is 0 Å². The van der Waals surface area contributed by atoms with Gasteiger partial charge in [-0.3, -0.25) is 4.90 Å². The lowest BCUT2D eigenvalue weighted by Gasteiger charge is -2.49. The largest absolute Gasteiger partial charge is 0.497 e. The molecule has 2 fully saturated rings. The molecule has 1 N–H and O–H groups in total. The van der Waals surface area contributed by atoms with E-state index < -0.39 is 0 Å². The van der Waals surface area contributed by atoms with E-state index in [1.165, 1.54) is 32.1 Å². The molecule has 1 aromatic heterocycles. The van der Waals surface area contributed by atoms with Crippen LogP contribution in [0.2, 0.25) is 0 Å². The van der Waals surface area contributed by atoms with Crippen molar-refractivity contribution in [3.05, 3.63) is 30.2 Å². The molecule has 1 aliphatic carbocycles. The van der Waals surface area contributed by atoms with Gasteiger partial charge in [0, 0.05) is 30.7 Å². The van der Waals surface area contributed by atoms with E-state index in [1.807, 2.05) is 24.3 Å². The molecular weight excluding hydrogens is 352 g/mol. The summed E-state index contributed by atoms with van der Waals surface area (Å²) in [5.74, 6) is 2.18. The fourth-order valence-electron chi connectivity index (χ4n) is 4.17. The van der Waals surface area contributed by atoms with Crippen LogP contribution in [0.15, 0.2) is 28.8 Å². The van der Waals surface area contributed by atoms with Crippen LogP contribution < -0.4 is 10.1 Å². The first-order valence-electron chi connectivity index (χ1n) is 9.22. The number of nitrogens with zero attached hydrogens (tertiary/aromatic N) is 3. The highest BCUT2D eigenvalue weighted by molar-refractivity contribution is 5.85. The summed E-state index contributed by atoms with van der Waals surface area (Å²) in [6.07, 6.45) is 6.52. The zero-order valence-electron chi connectivity index (χ0n) is 15.2. The lowest BCUT2D eigenvalue weighted by Crippen LogP contribution is -2.61. The van der Waals surface area contributed by atoms with Crippen molar-refractivity contribution in [1.82, 2.24) is 20.4 Å². The van der Waals surface area contributed by atoms with Crippen molar-refractivity contribution in [2.45, 2.75) is 44.2 Å². The van der Waals surface area contributed by atoms with E-state index in [-0.39, 0.29) is 17.9 Å². The molecule has 0 radical (unpaired) electrons. The summed E-state index contributed by atoms with van der Waals surface area (Å²) in [5.41, 5.74) is 1.22. The van der Waals surface area contributed by atoms with Gasteiger partial charge in [-0.05, 0) is 37.1 Å². The van der Waals surface area contributed by atoms with Gasteiger partial charge in [-0.2, -0.15) is 4.98 Å². The molecule has 2 heterocycles. The Balaban J connectivity index is 0.00000196. The molecule has 7 heteroatoms. The SMILES string of the molecule is COc1ccc(-c2noc(CN3CCNCC34CCCCC4)n2)cc1.Cl. The molecule has 0 bridgehead atoms. The zero-order valence-corrected chi connectivity index (χ0v) is 16.1. The molecule has 1 aromatic carbocycles. The Labute approximate surface area is 160 Å². The molecule has 2 aliphatic rings. The Morgan fingerprint density at radius 3 is 2.69 bits per heavy atom. The molecule has 2 aromatic rings. The molecule has 4 rings (SSSR count). The molecule has 1 saturated heterocycles. The predicted molar refractivity (Wildman–Crippen MR) is 103 cm³/mol. The molecular formula is C19H27ClN4O2. The minimum atomic E-state index is 0. The first-order chi connectivity index (χ1) is 12.3. The summed E-state index contributed by atoms with van der Waals surface area (Å²) in [4.78, 5) is 7.19. The average molecular weight is 379 g/mol. The highest BCUT2D eigenvalue weighted by Gasteiger charge is 2.40. The number of rotatable bonds is 4. The van der Waals surface area contributed by atoms with Crippen LogP contribution in [0.4, 0.5) is 0 Å². The Kier molecular flexibility index (Phi) is 6.16. The topological polar surface area (TPSA) is 63.4 Å². The number of halogens is 1. The van der Waals surface area contributed by atoms with Gasteiger partial charge < -0.3 is 14.6 Å². The van der Waals surface area contributed by atoms with Gasteiger partial charge in [0.1, 0.15) is 5.75 Å². The normalized spacial score (nSPS) is 19.9. The van der Waals surface area contributed by atoms with Gasteiger partial charge in [0.2, 0.25) is 11.7 Å². The van der Waals surface area contributed by atoms with Crippen LogP contribution in [-0.2, 0) is 6.54 Å². The quantitative estimate of drug-likeness (QED) is 0.880. The molecule has 1 saturated carbocycles. The summed E-state index contributed by atoms with van der Waals surface area (Å²) in [6, 6.07) is 7.75. The van der Waals surface area contributed by atoms with Crippen molar-refractivity contribution >= 4 is 12.4 Å². The second kappa shape index (κ2) is 8.37. The van der Waals surface area contributed by atoms with E-state index >= 15 is 0 Å². The van der Waals surface area contributed by atoms with Gasteiger partial charge in [-0.1, -0.05) is 24.4 Å². The van der Waals surface area contributed by atoms with Crippen LogP contribution in [0, 0.1) is 0 Å². The first kappa shape index (κ1) is 19.1. The third-order valence-electron chi connectivity index (χ3n) is 5.61. The van der Waals surface area contributed by atoms with Crippen molar-refractivity contribution in [2.24, 2.45) is 0 Å². The van der Waals surface area contributed by atoms with Crippen LogP contribution in [-0.4, -0.2) is 47.3 Å². The maximum Gasteiger partial charge on any atom is 0.241 e. The van der Waals surface area contributed by atoms with E-state index in [0.717, 1.165) is 37.5 Å². The van der Waals surface area contributed by atoms with Crippen LogP contribution in [0.5, 0.6) is 5.75 Å². The number of nitrogens with one attached hydrogen (secondary N) is 1. The van der Waals surface area contributed by atoms with Crippen molar-refractivity contribution in [1.29, 1.82) is 0 Å². The number of methoxy groups -OCH3 is 1. The van der Waals surface area contributed by atoms with E-state index in [2.05, 4.69) is 20.4 Å². The summed E-state index contributed by atoms with van der Waals surface area (Å²) < 4.78 is 10.8. The Hall–Kier alpha value is -1.63. The summed E-state index contributed by atoms with van der Waals surface area (Å²) >= 11 is 0. The standard InChI is InChI=1S/C19H26N4O2.ClH/c1-24-16-7-5-15(6-8-16)18-21-17(25-22-18)13-23-12-11-20-14-19(23)9-3-2-4-10-19;/h5-8,20H,2-4,9-14H2,1H3;1H. The van der Waals surface area contributed by atoms with Gasteiger partial charge in [0.25, 0.3) is 0 Å². The zero-order chi connectivity index (χ0) is 17.1. The fraction of sp³-hybridized carbons (Fsp3) is 0.579. The predicted octanol–water partition coefficient (Wildman–Crippen LogP) is 3.28. The number of aromatic nitrogens is 2.